The number of benzene rings is 1. The average molecular weight is 570 g/mol. The van der Waals surface area contributed by atoms with Crippen LogP contribution in [0.1, 0.15) is 39.6 Å². The molecule has 12 heteroatoms. The number of anilines is 1. The molecule has 0 spiro atoms. The number of carbonyl (C=O) groups is 4. The molecule has 1 aliphatic heterocycles. The lowest BCUT2D eigenvalue weighted by molar-refractivity contribution is -0.148. The number of ketones is 3. The molecule has 1 saturated heterocycles. The molecule has 0 radical (unpaired) electrons. The molecule has 12 nitrogen and oxygen atoms in total. The molecule has 41 heavy (non-hydrogen) atoms. The van der Waals surface area contributed by atoms with Crippen molar-refractivity contribution >= 4 is 28.9 Å². The van der Waals surface area contributed by atoms with Gasteiger partial charge in [-0.3, -0.25) is 24.1 Å². The number of fused-ring (bicyclic) bond motifs is 3. The minimum absolute atomic E-state index is 0.0208. The highest BCUT2D eigenvalue weighted by Crippen LogP contribution is 2.53. The molecule has 1 aromatic rings. The second kappa shape index (κ2) is 9.97. The highest BCUT2D eigenvalue weighted by atomic mass is 16.5. The third-order valence-corrected chi connectivity index (χ3v) is 8.82. The van der Waals surface area contributed by atoms with Crippen LogP contribution in [0.3, 0.4) is 0 Å². The van der Waals surface area contributed by atoms with Crippen molar-refractivity contribution in [2.75, 3.05) is 59.4 Å². The average Bonchev–Trinajstić information content (AvgIpc) is 2.90. The molecule has 2 unspecified atom stereocenters. The van der Waals surface area contributed by atoms with Gasteiger partial charge in [0.15, 0.2) is 17.2 Å². The van der Waals surface area contributed by atoms with Crippen LogP contribution in [0.4, 0.5) is 5.69 Å². The molecule has 4 atom stereocenters. The number of morpholine rings is 1. The first-order valence-electron chi connectivity index (χ1n) is 13.5. The van der Waals surface area contributed by atoms with Gasteiger partial charge in [0.25, 0.3) is 5.91 Å². The zero-order valence-corrected chi connectivity index (χ0v) is 23.7. The van der Waals surface area contributed by atoms with Gasteiger partial charge in [-0.1, -0.05) is 0 Å². The summed E-state index contributed by atoms with van der Waals surface area (Å²) in [6.45, 7) is 2.39. The quantitative estimate of drug-likeness (QED) is 0.378. The molecule has 0 aromatic heterocycles. The third-order valence-electron chi connectivity index (χ3n) is 8.82. The van der Waals surface area contributed by atoms with Crippen molar-refractivity contribution in [2.45, 2.75) is 31.4 Å². The van der Waals surface area contributed by atoms with Gasteiger partial charge in [0.1, 0.15) is 22.8 Å². The number of aromatic hydroxyl groups is 1. The minimum Gasteiger partial charge on any atom is -0.510 e. The molecule has 1 amide bonds. The molecule has 4 aliphatic rings. The fraction of sp³-hybridized carbons (Fsp3) is 0.517. The number of allylic oxidation sites excluding steroid dienone is 1. The van der Waals surface area contributed by atoms with Crippen molar-refractivity contribution in [3.05, 3.63) is 45.4 Å². The number of rotatable bonds is 4. The summed E-state index contributed by atoms with van der Waals surface area (Å²) in [5.41, 5.74) is -2.78. The molecule has 0 saturated carbocycles. The number of aliphatic hydroxyl groups excluding tert-OH is 2. The predicted octanol–water partition coefficient (Wildman–Crippen LogP) is 0.763. The number of aliphatic hydroxyl groups is 3. The smallest absolute Gasteiger partial charge is 0.257 e. The molecule has 220 valence electrons. The number of nitrogens with zero attached hydrogens (tertiary/aromatic N) is 3. The highest BCUT2D eigenvalue weighted by Gasteiger charge is 2.63. The summed E-state index contributed by atoms with van der Waals surface area (Å²) in [5, 5.41) is 45.7. The molecular weight excluding hydrogens is 534 g/mol. The van der Waals surface area contributed by atoms with E-state index in [1.165, 1.54) is 4.90 Å². The first-order chi connectivity index (χ1) is 19.2. The van der Waals surface area contributed by atoms with Crippen LogP contribution in [-0.2, 0) is 20.7 Å². The van der Waals surface area contributed by atoms with Crippen LogP contribution in [-0.4, -0.2) is 120 Å². The topological polar surface area (TPSA) is 168 Å². The number of phenolic OH excluding ortho intramolecular Hbond substituents is 1. The number of ether oxygens (including phenoxy) is 1. The van der Waals surface area contributed by atoms with Crippen LogP contribution in [0, 0.1) is 11.8 Å². The van der Waals surface area contributed by atoms with Gasteiger partial charge in [0.05, 0.1) is 30.4 Å². The molecule has 3 aliphatic carbocycles. The number of phenols is 1. The number of carbonyl (C=O) groups excluding carboxylic acids is 4. The van der Waals surface area contributed by atoms with Crippen molar-refractivity contribution in [3.63, 3.8) is 0 Å². The van der Waals surface area contributed by atoms with Crippen LogP contribution in [0.2, 0.25) is 0 Å². The molecular formula is C29H35N3O9. The SMILES string of the molecule is CC(=O)C1=C(O)[C@@H](N(C)C)C2CC3Cc4c(N(C)C)cc(C(=O)N5CCOCC5)c(O)c4C(=O)C3=C(O)[C@]2(O)C1=O. The van der Waals surface area contributed by atoms with Crippen LogP contribution in [0.15, 0.2) is 28.7 Å². The summed E-state index contributed by atoms with van der Waals surface area (Å²) in [7, 11) is 6.72. The lowest BCUT2D eigenvalue weighted by Crippen LogP contribution is -2.63. The van der Waals surface area contributed by atoms with Gasteiger partial charge in [-0.2, -0.15) is 0 Å². The van der Waals surface area contributed by atoms with E-state index >= 15 is 0 Å². The van der Waals surface area contributed by atoms with Gasteiger partial charge >= 0.3 is 0 Å². The number of hydrogen-bond acceptors (Lipinski definition) is 11. The summed E-state index contributed by atoms with van der Waals surface area (Å²) in [6, 6.07) is 0.556. The van der Waals surface area contributed by atoms with E-state index in [1.54, 1.807) is 44.1 Å². The van der Waals surface area contributed by atoms with Crippen molar-refractivity contribution in [2.24, 2.45) is 11.8 Å². The Balaban J connectivity index is 1.70. The number of likely N-dealkylation sites (N-methyl/N-ethyl adjacent to an activating group) is 1. The highest BCUT2D eigenvalue weighted by molar-refractivity contribution is 6.25. The number of hydrogen-bond donors (Lipinski definition) is 4. The monoisotopic (exact) mass is 569 g/mol. The van der Waals surface area contributed by atoms with Crippen LogP contribution in [0.5, 0.6) is 5.75 Å². The lowest BCUT2D eigenvalue weighted by atomic mass is 9.58. The van der Waals surface area contributed by atoms with Gasteiger partial charge < -0.3 is 35.0 Å². The maximum Gasteiger partial charge on any atom is 0.257 e. The van der Waals surface area contributed by atoms with Crippen molar-refractivity contribution in [3.8, 4) is 5.75 Å². The van der Waals surface area contributed by atoms with E-state index in [4.69, 9.17) is 4.74 Å². The van der Waals surface area contributed by atoms with E-state index in [0.29, 0.717) is 37.6 Å². The lowest BCUT2D eigenvalue weighted by Gasteiger charge is -2.50. The number of Topliss-reactive ketones (excluding diaryl/α,β-unsaturated/α-hetero) is 3. The normalized spacial score (nSPS) is 28.0. The van der Waals surface area contributed by atoms with Crippen molar-refractivity contribution in [1.29, 1.82) is 0 Å². The molecule has 0 bridgehead atoms. The Labute approximate surface area is 237 Å². The second-order valence-corrected chi connectivity index (χ2v) is 11.6. The van der Waals surface area contributed by atoms with E-state index in [0.717, 1.165) is 6.92 Å². The molecule has 5 rings (SSSR count). The van der Waals surface area contributed by atoms with E-state index < -0.39 is 69.6 Å². The van der Waals surface area contributed by atoms with E-state index in [-0.39, 0.29) is 29.5 Å². The predicted molar refractivity (Wildman–Crippen MR) is 146 cm³/mol. The van der Waals surface area contributed by atoms with Crippen LogP contribution < -0.4 is 4.90 Å². The first kappa shape index (κ1) is 28.8. The fourth-order valence-corrected chi connectivity index (χ4v) is 6.90. The maximum atomic E-state index is 14.1. The Bertz CT molecular complexity index is 1440. The number of amides is 1. The molecule has 1 fully saturated rings. The molecule has 1 heterocycles. The zero-order chi connectivity index (χ0) is 30.1. The zero-order valence-electron chi connectivity index (χ0n) is 23.7. The van der Waals surface area contributed by atoms with Crippen molar-refractivity contribution in [1.82, 2.24) is 9.80 Å². The fourth-order valence-electron chi connectivity index (χ4n) is 6.90. The van der Waals surface area contributed by atoms with E-state index in [1.807, 2.05) is 0 Å². The molecule has 4 N–H and O–H groups in total. The van der Waals surface area contributed by atoms with Gasteiger partial charge in [0, 0.05) is 44.4 Å². The summed E-state index contributed by atoms with van der Waals surface area (Å²) in [6.07, 6.45) is 0.172. The summed E-state index contributed by atoms with van der Waals surface area (Å²) in [4.78, 5) is 58.3. The first-order valence-corrected chi connectivity index (χ1v) is 13.5. The molecule has 1 aromatic carbocycles. The second-order valence-electron chi connectivity index (χ2n) is 11.6. The third kappa shape index (κ3) is 4.07. The Morgan fingerprint density at radius 3 is 2.27 bits per heavy atom. The van der Waals surface area contributed by atoms with Crippen molar-refractivity contribution < 1.29 is 44.3 Å². The summed E-state index contributed by atoms with van der Waals surface area (Å²) < 4.78 is 5.32. The maximum absolute atomic E-state index is 14.1. The van der Waals surface area contributed by atoms with Crippen LogP contribution >= 0.6 is 0 Å². The van der Waals surface area contributed by atoms with E-state index in [2.05, 4.69) is 0 Å². The van der Waals surface area contributed by atoms with Crippen LogP contribution in [0.25, 0.3) is 0 Å². The summed E-state index contributed by atoms with van der Waals surface area (Å²) >= 11 is 0. The Hall–Kier alpha value is -3.74. The Morgan fingerprint density at radius 2 is 1.71 bits per heavy atom. The minimum atomic E-state index is -2.65. The van der Waals surface area contributed by atoms with E-state index in [9.17, 15) is 39.6 Å². The van der Waals surface area contributed by atoms with Gasteiger partial charge in [-0.15, -0.1) is 0 Å². The Morgan fingerprint density at radius 1 is 1.07 bits per heavy atom. The van der Waals surface area contributed by atoms with Gasteiger partial charge in [-0.05, 0) is 51.4 Å². The standard InChI is InChI=1S/C29H35N3O9/c1-13(33)19-25(36)22(31(4)5)17-11-14-10-15-18(30(2)3)12-16(28(39)32-6-8-41-9-7-32)23(34)21(15)24(35)20(14)27(38)29(17,40)26(19)37/h12,14,17,22,34,36,38,40H,6-11H2,1-5H3/t14?,17?,22-,29+/m0/s1. The largest absolute Gasteiger partial charge is 0.510 e. The van der Waals surface area contributed by atoms with Gasteiger partial charge in [-0.25, -0.2) is 0 Å². The van der Waals surface area contributed by atoms with Gasteiger partial charge in [0.2, 0.25) is 5.78 Å². The summed E-state index contributed by atoms with van der Waals surface area (Å²) in [5.74, 6) is -6.93. The Kier molecular flexibility index (Phi) is 6.99.